The summed E-state index contributed by atoms with van der Waals surface area (Å²) in [6.07, 6.45) is 0.354. The minimum Gasteiger partial charge on any atom is -0.469 e. The SMILES string of the molecule is CCSc1ccc(C(CC(=O)OC)NC)cc1. The fraction of sp³-hybridized carbons (Fsp3) is 0.462. The van der Waals surface area contributed by atoms with Gasteiger partial charge in [-0.05, 0) is 30.5 Å². The lowest BCUT2D eigenvalue weighted by atomic mass is 10.0. The zero-order chi connectivity index (χ0) is 12.7. The summed E-state index contributed by atoms with van der Waals surface area (Å²) < 4.78 is 4.68. The first-order chi connectivity index (χ1) is 8.21. The first-order valence-corrected chi connectivity index (χ1v) is 6.66. The number of methoxy groups -OCH3 is 1. The molecule has 0 saturated carbocycles. The van der Waals surface area contributed by atoms with Crippen molar-refractivity contribution in [2.45, 2.75) is 24.3 Å². The van der Waals surface area contributed by atoms with Crippen molar-refractivity contribution in [3.63, 3.8) is 0 Å². The Morgan fingerprint density at radius 1 is 1.41 bits per heavy atom. The molecule has 0 aliphatic rings. The Morgan fingerprint density at radius 2 is 2.06 bits per heavy atom. The second-order valence-electron chi connectivity index (χ2n) is 3.62. The number of carbonyl (C=O) groups excluding carboxylic acids is 1. The van der Waals surface area contributed by atoms with E-state index in [2.05, 4.69) is 41.2 Å². The van der Waals surface area contributed by atoms with Crippen LogP contribution in [0.5, 0.6) is 0 Å². The van der Waals surface area contributed by atoms with E-state index in [0.29, 0.717) is 6.42 Å². The summed E-state index contributed by atoms with van der Waals surface area (Å²) in [7, 11) is 3.26. The number of carbonyl (C=O) groups is 1. The van der Waals surface area contributed by atoms with Gasteiger partial charge >= 0.3 is 5.97 Å². The molecule has 0 fully saturated rings. The van der Waals surface area contributed by atoms with Gasteiger partial charge in [0.15, 0.2) is 0 Å². The third-order valence-electron chi connectivity index (χ3n) is 2.54. The highest BCUT2D eigenvalue weighted by atomic mass is 32.2. The highest BCUT2D eigenvalue weighted by Gasteiger charge is 2.14. The van der Waals surface area contributed by atoms with Crippen LogP contribution in [-0.2, 0) is 9.53 Å². The number of benzene rings is 1. The molecule has 0 saturated heterocycles. The van der Waals surface area contributed by atoms with Crippen molar-refractivity contribution in [2.24, 2.45) is 0 Å². The molecule has 1 aromatic carbocycles. The van der Waals surface area contributed by atoms with Gasteiger partial charge in [-0.25, -0.2) is 0 Å². The molecule has 0 aromatic heterocycles. The van der Waals surface area contributed by atoms with Crippen LogP contribution in [0.1, 0.15) is 24.9 Å². The molecular formula is C13H19NO2S. The molecule has 3 nitrogen and oxygen atoms in total. The Balaban J connectivity index is 2.71. The standard InChI is InChI=1S/C13H19NO2S/c1-4-17-11-7-5-10(6-8-11)12(14-2)9-13(15)16-3/h5-8,12,14H,4,9H2,1-3H3. The average molecular weight is 253 g/mol. The van der Waals surface area contributed by atoms with E-state index >= 15 is 0 Å². The molecule has 17 heavy (non-hydrogen) atoms. The van der Waals surface area contributed by atoms with Gasteiger partial charge in [0.1, 0.15) is 0 Å². The van der Waals surface area contributed by atoms with Gasteiger partial charge in [0.05, 0.1) is 13.5 Å². The van der Waals surface area contributed by atoms with E-state index < -0.39 is 0 Å². The third-order valence-corrected chi connectivity index (χ3v) is 3.43. The lowest BCUT2D eigenvalue weighted by Gasteiger charge is -2.15. The Bertz CT molecular complexity index is 351. The highest BCUT2D eigenvalue weighted by molar-refractivity contribution is 7.99. The lowest BCUT2D eigenvalue weighted by Crippen LogP contribution is -2.20. The maximum atomic E-state index is 11.3. The number of esters is 1. The molecular weight excluding hydrogens is 234 g/mol. The van der Waals surface area contributed by atoms with Gasteiger partial charge in [-0.15, -0.1) is 11.8 Å². The van der Waals surface area contributed by atoms with Crippen molar-refractivity contribution in [2.75, 3.05) is 19.9 Å². The smallest absolute Gasteiger partial charge is 0.307 e. The highest BCUT2D eigenvalue weighted by Crippen LogP contribution is 2.22. The molecule has 1 unspecified atom stereocenters. The number of rotatable bonds is 6. The summed E-state index contributed by atoms with van der Waals surface area (Å²) in [4.78, 5) is 12.5. The minimum atomic E-state index is -0.198. The zero-order valence-electron chi connectivity index (χ0n) is 10.5. The molecule has 1 N–H and O–H groups in total. The second kappa shape index (κ2) is 7.35. The van der Waals surface area contributed by atoms with E-state index in [-0.39, 0.29) is 12.0 Å². The van der Waals surface area contributed by atoms with Gasteiger partial charge in [-0.2, -0.15) is 0 Å². The van der Waals surface area contributed by atoms with Crippen molar-refractivity contribution in [3.8, 4) is 0 Å². The van der Waals surface area contributed by atoms with E-state index in [4.69, 9.17) is 0 Å². The molecule has 0 aliphatic carbocycles. The van der Waals surface area contributed by atoms with E-state index in [1.807, 2.05) is 18.8 Å². The van der Waals surface area contributed by atoms with Crippen LogP contribution in [0.2, 0.25) is 0 Å². The number of hydrogen-bond acceptors (Lipinski definition) is 4. The number of hydrogen-bond donors (Lipinski definition) is 1. The molecule has 1 aromatic rings. The van der Waals surface area contributed by atoms with Gasteiger partial charge in [-0.3, -0.25) is 4.79 Å². The molecule has 0 bridgehead atoms. The molecule has 1 rings (SSSR count). The van der Waals surface area contributed by atoms with Crippen LogP contribution in [0, 0.1) is 0 Å². The quantitative estimate of drug-likeness (QED) is 0.625. The van der Waals surface area contributed by atoms with Crippen LogP contribution in [0.3, 0.4) is 0 Å². The monoisotopic (exact) mass is 253 g/mol. The Labute approximate surface area is 107 Å². The second-order valence-corrected chi connectivity index (χ2v) is 4.96. The first-order valence-electron chi connectivity index (χ1n) is 5.68. The number of thioether (sulfide) groups is 1. The van der Waals surface area contributed by atoms with Crippen LogP contribution in [0.4, 0.5) is 0 Å². The normalized spacial score (nSPS) is 12.2. The Hall–Kier alpha value is -1.00. The first kappa shape index (κ1) is 14.1. The maximum absolute atomic E-state index is 11.3. The molecule has 4 heteroatoms. The van der Waals surface area contributed by atoms with Crippen molar-refractivity contribution in [1.29, 1.82) is 0 Å². The average Bonchev–Trinajstić information content (AvgIpc) is 2.37. The minimum absolute atomic E-state index is 0.0168. The molecule has 0 amide bonds. The van der Waals surface area contributed by atoms with Crippen LogP contribution in [0.15, 0.2) is 29.2 Å². The van der Waals surface area contributed by atoms with Crippen molar-refractivity contribution in [3.05, 3.63) is 29.8 Å². The van der Waals surface area contributed by atoms with E-state index in [1.165, 1.54) is 12.0 Å². The molecule has 0 heterocycles. The van der Waals surface area contributed by atoms with Gasteiger partial charge in [-0.1, -0.05) is 19.1 Å². The topological polar surface area (TPSA) is 38.3 Å². The van der Waals surface area contributed by atoms with Crippen LogP contribution >= 0.6 is 11.8 Å². The third kappa shape index (κ3) is 4.40. The predicted octanol–water partition coefficient (Wildman–Crippen LogP) is 2.62. The van der Waals surface area contributed by atoms with Crippen LogP contribution < -0.4 is 5.32 Å². The molecule has 0 spiro atoms. The summed E-state index contributed by atoms with van der Waals surface area (Å²) in [6, 6.07) is 8.31. The summed E-state index contributed by atoms with van der Waals surface area (Å²) >= 11 is 1.81. The Kier molecular flexibility index (Phi) is 6.08. The van der Waals surface area contributed by atoms with Crippen LogP contribution in [-0.4, -0.2) is 25.9 Å². The van der Waals surface area contributed by atoms with Crippen molar-refractivity contribution < 1.29 is 9.53 Å². The molecule has 0 aliphatic heterocycles. The zero-order valence-corrected chi connectivity index (χ0v) is 11.3. The molecule has 94 valence electrons. The van der Waals surface area contributed by atoms with Crippen molar-refractivity contribution in [1.82, 2.24) is 5.32 Å². The van der Waals surface area contributed by atoms with Crippen LogP contribution in [0.25, 0.3) is 0 Å². The van der Waals surface area contributed by atoms with Crippen molar-refractivity contribution >= 4 is 17.7 Å². The number of nitrogens with one attached hydrogen (secondary N) is 1. The summed E-state index contributed by atoms with van der Waals surface area (Å²) in [5.41, 5.74) is 1.11. The molecule has 0 radical (unpaired) electrons. The van der Waals surface area contributed by atoms with E-state index in [9.17, 15) is 4.79 Å². The van der Waals surface area contributed by atoms with Gasteiger partial charge in [0.2, 0.25) is 0 Å². The fourth-order valence-corrected chi connectivity index (χ4v) is 2.26. The maximum Gasteiger partial charge on any atom is 0.307 e. The summed E-state index contributed by atoms with van der Waals surface area (Å²) in [5, 5.41) is 3.13. The summed E-state index contributed by atoms with van der Waals surface area (Å²) in [5.74, 6) is 0.869. The van der Waals surface area contributed by atoms with Gasteiger partial charge in [0.25, 0.3) is 0 Å². The van der Waals surface area contributed by atoms with E-state index in [0.717, 1.165) is 11.3 Å². The van der Waals surface area contributed by atoms with Gasteiger partial charge < -0.3 is 10.1 Å². The largest absolute Gasteiger partial charge is 0.469 e. The molecule has 1 atom stereocenters. The lowest BCUT2D eigenvalue weighted by molar-refractivity contribution is -0.141. The predicted molar refractivity (Wildman–Crippen MR) is 71.3 cm³/mol. The van der Waals surface area contributed by atoms with Gasteiger partial charge in [0, 0.05) is 10.9 Å². The fourth-order valence-electron chi connectivity index (χ4n) is 1.60. The number of ether oxygens (including phenoxy) is 1. The Morgan fingerprint density at radius 3 is 2.53 bits per heavy atom. The van der Waals surface area contributed by atoms with E-state index in [1.54, 1.807) is 0 Å². The summed E-state index contributed by atoms with van der Waals surface area (Å²) in [6.45, 7) is 2.13.